The van der Waals surface area contributed by atoms with E-state index in [0.29, 0.717) is 6.42 Å². The predicted molar refractivity (Wildman–Crippen MR) is 46.7 cm³/mol. The van der Waals surface area contributed by atoms with Crippen molar-refractivity contribution in [1.82, 2.24) is 10.6 Å². The first-order valence-electron chi connectivity index (χ1n) is 3.85. The first-order valence-corrected chi connectivity index (χ1v) is 3.85. The molecule has 3 nitrogen and oxygen atoms in total. The van der Waals surface area contributed by atoms with Gasteiger partial charge in [-0.05, 0) is 19.4 Å². The van der Waals surface area contributed by atoms with E-state index in [1.807, 2.05) is 6.92 Å². The molecule has 1 aliphatic heterocycles. The standard InChI is InChI=1S/C7H14N2O.ClH/c1-2-7(10)9-6-4-3-5-8-6;/h6,8H,2-5H2,1H3,(H,9,10);1H/t6-;/m1./s1. The summed E-state index contributed by atoms with van der Waals surface area (Å²) in [5, 5.41) is 6.07. The maximum Gasteiger partial charge on any atom is 0.220 e. The fourth-order valence-corrected chi connectivity index (χ4v) is 1.10. The molecule has 2 N–H and O–H groups in total. The Hall–Kier alpha value is -0.280. The van der Waals surface area contributed by atoms with E-state index in [0.717, 1.165) is 13.0 Å². The van der Waals surface area contributed by atoms with Gasteiger partial charge < -0.3 is 5.32 Å². The third-order valence-corrected chi connectivity index (χ3v) is 1.72. The quantitative estimate of drug-likeness (QED) is 0.652. The Morgan fingerprint density at radius 2 is 2.45 bits per heavy atom. The van der Waals surface area contributed by atoms with Gasteiger partial charge in [-0.25, -0.2) is 0 Å². The molecule has 0 aromatic heterocycles. The minimum Gasteiger partial charge on any atom is -0.341 e. The molecule has 11 heavy (non-hydrogen) atoms. The summed E-state index contributed by atoms with van der Waals surface area (Å²) in [5.41, 5.74) is 0. The Morgan fingerprint density at radius 1 is 1.73 bits per heavy atom. The molecular formula is C7H15ClN2O. The third-order valence-electron chi connectivity index (χ3n) is 1.72. The van der Waals surface area contributed by atoms with E-state index in [2.05, 4.69) is 10.6 Å². The molecule has 0 aromatic carbocycles. The van der Waals surface area contributed by atoms with Crippen LogP contribution >= 0.6 is 12.4 Å². The van der Waals surface area contributed by atoms with E-state index >= 15 is 0 Å². The molecule has 1 atom stereocenters. The monoisotopic (exact) mass is 178 g/mol. The van der Waals surface area contributed by atoms with Crippen molar-refractivity contribution in [2.24, 2.45) is 0 Å². The van der Waals surface area contributed by atoms with Crippen LogP contribution < -0.4 is 10.6 Å². The zero-order valence-electron chi connectivity index (χ0n) is 6.72. The summed E-state index contributed by atoms with van der Waals surface area (Å²) in [5.74, 6) is 0.138. The van der Waals surface area contributed by atoms with Crippen molar-refractivity contribution in [2.45, 2.75) is 32.4 Å². The number of hydrogen-bond donors (Lipinski definition) is 2. The summed E-state index contributed by atoms with van der Waals surface area (Å²) in [6.07, 6.45) is 3.07. The second-order valence-electron chi connectivity index (χ2n) is 2.57. The molecule has 0 unspecified atom stereocenters. The molecule has 1 heterocycles. The Kier molecular flexibility index (Phi) is 5.24. The largest absolute Gasteiger partial charge is 0.341 e. The van der Waals surface area contributed by atoms with Crippen molar-refractivity contribution in [1.29, 1.82) is 0 Å². The molecule has 1 fully saturated rings. The van der Waals surface area contributed by atoms with Crippen LogP contribution in [0.3, 0.4) is 0 Å². The topological polar surface area (TPSA) is 41.1 Å². The molecule has 1 amide bonds. The van der Waals surface area contributed by atoms with Crippen LogP contribution in [0.25, 0.3) is 0 Å². The van der Waals surface area contributed by atoms with E-state index in [1.54, 1.807) is 0 Å². The van der Waals surface area contributed by atoms with Crippen LogP contribution in [0, 0.1) is 0 Å². The van der Waals surface area contributed by atoms with Gasteiger partial charge >= 0.3 is 0 Å². The Balaban J connectivity index is 0.000001000. The minimum atomic E-state index is 0. The van der Waals surface area contributed by atoms with E-state index in [9.17, 15) is 4.79 Å². The number of nitrogens with one attached hydrogen (secondary N) is 2. The molecule has 0 spiro atoms. The Bertz CT molecular complexity index is 124. The Labute approximate surface area is 73.3 Å². The van der Waals surface area contributed by atoms with Crippen LogP contribution in [-0.2, 0) is 4.79 Å². The summed E-state index contributed by atoms with van der Waals surface area (Å²) in [7, 11) is 0. The van der Waals surface area contributed by atoms with Crippen molar-refractivity contribution in [3.63, 3.8) is 0 Å². The number of carbonyl (C=O) groups excluding carboxylic acids is 1. The zero-order valence-corrected chi connectivity index (χ0v) is 7.54. The van der Waals surface area contributed by atoms with Gasteiger partial charge in [-0.1, -0.05) is 6.92 Å². The average Bonchev–Trinajstić information content (AvgIpc) is 2.40. The van der Waals surface area contributed by atoms with Crippen LogP contribution in [0.4, 0.5) is 0 Å². The normalized spacial score (nSPS) is 22.5. The SMILES string of the molecule is CCC(=O)N[C@@H]1CCCN1.Cl. The molecule has 4 heteroatoms. The fourth-order valence-electron chi connectivity index (χ4n) is 1.10. The lowest BCUT2D eigenvalue weighted by Gasteiger charge is -2.10. The van der Waals surface area contributed by atoms with Crippen LogP contribution in [0.2, 0.25) is 0 Å². The summed E-state index contributed by atoms with van der Waals surface area (Å²) in [4.78, 5) is 10.8. The molecule has 1 aliphatic rings. The van der Waals surface area contributed by atoms with Gasteiger partial charge in [-0.3, -0.25) is 10.1 Å². The number of amides is 1. The highest BCUT2D eigenvalue weighted by Crippen LogP contribution is 2.01. The lowest BCUT2D eigenvalue weighted by Crippen LogP contribution is -2.40. The molecule has 1 saturated heterocycles. The zero-order chi connectivity index (χ0) is 7.40. The number of rotatable bonds is 2. The maximum atomic E-state index is 10.8. The molecule has 0 aromatic rings. The van der Waals surface area contributed by atoms with Gasteiger partial charge in [0.25, 0.3) is 0 Å². The maximum absolute atomic E-state index is 10.8. The molecule has 1 rings (SSSR count). The summed E-state index contributed by atoms with van der Waals surface area (Å²) >= 11 is 0. The highest BCUT2D eigenvalue weighted by Gasteiger charge is 2.14. The first kappa shape index (κ1) is 10.7. The molecule has 0 aliphatic carbocycles. The fraction of sp³-hybridized carbons (Fsp3) is 0.857. The van der Waals surface area contributed by atoms with Crippen molar-refractivity contribution in [2.75, 3.05) is 6.54 Å². The van der Waals surface area contributed by atoms with Crippen LogP contribution in [0.15, 0.2) is 0 Å². The molecular weight excluding hydrogens is 164 g/mol. The molecule has 0 radical (unpaired) electrons. The summed E-state index contributed by atoms with van der Waals surface area (Å²) in [6, 6.07) is 0. The second-order valence-corrected chi connectivity index (χ2v) is 2.57. The lowest BCUT2D eigenvalue weighted by molar-refractivity contribution is -0.121. The minimum absolute atomic E-state index is 0. The van der Waals surface area contributed by atoms with Crippen molar-refractivity contribution < 1.29 is 4.79 Å². The van der Waals surface area contributed by atoms with Crippen molar-refractivity contribution in [3.05, 3.63) is 0 Å². The van der Waals surface area contributed by atoms with Crippen LogP contribution in [0.1, 0.15) is 26.2 Å². The highest BCUT2D eigenvalue weighted by molar-refractivity contribution is 5.85. The third kappa shape index (κ3) is 3.58. The average molecular weight is 179 g/mol. The van der Waals surface area contributed by atoms with Crippen LogP contribution in [0.5, 0.6) is 0 Å². The van der Waals surface area contributed by atoms with Gasteiger partial charge in [0.05, 0.1) is 6.17 Å². The summed E-state index contributed by atoms with van der Waals surface area (Å²) in [6.45, 7) is 2.90. The first-order chi connectivity index (χ1) is 4.83. The van der Waals surface area contributed by atoms with Gasteiger partial charge in [-0.2, -0.15) is 0 Å². The van der Waals surface area contributed by atoms with Gasteiger partial charge in [0, 0.05) is 6.42 Å². The predicted octanol–water partition coefficient (Wildman–Crippen LogP) is 0.644. The number of hydrogen-bond acceptors (Lipinski definition) is 2. The van der Waals surface area contributed by atoms with Crippen molar-refractivity contribution >= 4 is 18.3 Å². The molecule has 0 bridgehead atoms. The van der Waals surface area contributed by atoms with Gasteiger partial charge in [0.15, 0.2) is 0 Å². The smallest absolute Gasteiger partial charge is 0.220 e. The second kappa shape index (κ2) is 5.38. The van der Waals surface area contributed by atoms with Gasteiger partial charge in [-0.15, -0.1) is 12.4 Å². The van der Waals surface area contributed by atoms with Gasteiger partial charge in [0.2, 0.25) is 5.91 Å². The number of carbonyl (C=O) groups is 1. The van der Waals surface area contributed by atoms with E-state index < -0.39 is 0 Å². The van der Waals surface area contributed by atoms with Crippen LogP contribution in [-0.4, -0.2) is 18.6 Å². The molecule has 66 valence electrons. The molecule has 0 saturated carbocycles. The van der Waals surface area contributed by atoms with E-state index in [4.69, 9.17) is 0 Å². The van der Waals surface area contributed by atoms with E-state index in [-0.39, 0.29) is 24.5 Å². The van der Waals surface area contributed by atoms with E-state index in [1.165, 1.54) is 6.42 Å². The number of halogens is 1. The van der Waals surface area contributed by atoms with Gasteiger partial charge in [0.1, 0.15) is 0 Å². The highest BCUT2D eigenvalue weighted by atomic mass is 35.5. The summed E-state index contributed by atoms with van der Waals surface area (Å²) < 4.78 is 0. The van der Waals surface area contributed by atoms with Crippen molar-refractivity contribution in [3.8, 4) is 0 Å². The Morgan fingerprint density at radius 3 is 2.91 bits per heavy atom. The lowest BCUT2D eigenvalue weighted by atomic mass is 10.3.